The minimum atomic E-state index is -3.77. The lowest BCUT2D eigenvalue weighted by Crippen LogP contribution is -2.17. The normalized spacial score (nSPS) is 11.3. The van der Waals surface area contributed by atoms with Crippen LogP contribution in [0.1, 0.15) is 5.56 Å². The Morgan fingerprint density at radius 2 is 1.82 bits per heavy atom. The molecule has 0 radical (unpaired) electrons. The minimum absolute atomic E-state index is 0.0457. The third-order valence-electron chi connectivity index (χ3n) is 2.48. The van der Waals surface area contributed by atoms with Crippen LogP contribution in [0.4, 0.5) is 5.82 Å². The van der Waals surface area contributed by atoms with Crippen molar-refractivity contribution in [2.75, 3.05) is 11.8 Å². The standard InChI is InChI=1S/C12H10Cl3N3O3S/c1-21-10-5-16-12(15)17-11(10)18-22(19,20)6-7-2-8(13)4-9(14)3-7/h2-5H,6H2,1H3,(H,16,17,18). The maximum atomic E-state index is 12.2. The highest BCUT2D eigenvalue weighted by atomic mass is 35.5. The van der Waals surface area contributed by atoms with E-state index in [-0.39, 0.29) is 22.6 Å². The molecule has 10 heteroatoms. The van der Waals surface area contributed by atoms with Gasteiger partial charge in [-0.1, -0.05) is 23.2 Å². The second-order valence-corrected chi connectivity index (χ2v) is 7.13. The second-order valence-electron chi connectivity index (χ2n) is 4.19. The zero-order chi connectivity index (χ0) is 16.3. The van der Waals surface area contributed by atoms with Crippen molar-refractivity contribution < 1.29 is 13.2 Å². The van der Waals surface area contributed by atoms with E-state index < -0.39 is 10.0 Å². The zero-order valence-electron chi connectivity index (χ0n) is 11.2. The fraction of sp³-hybridized carbons (Fsp3) is 0.167. The summed E-state index contributed by atoms with van der Waals surface area (Å²) in [5.74, 6) is -0.231. The van der Waals surface area contributed by atoms with E-state index in [9.17, 15) is 8.42 Å². The van der Waals surface area contributed by atoms with Crippen LogP contribution in [-0.2, 0) is 15.8 Å². The molecule has 0 atom stereocenters. The summed E-state index contributed by atoms with van der Waals surface area (Å²) >= 11 is 17.4. The Morgan fingerprint density at radius 1 is 1.18 bits per heavy atom. The molecule has 1 N–H and O–H groups in total. The van der Waals surface area contributed by atoms with E-state index in [0.29, 0.717) is 15.6 Å². The maximum Gasteiger partial charge on any atom is 0.238 e. The molecule has 6 nitrogen and oxygen atoms in total. The number of anilines is 1. The van der Waals surface area contributed by atoms with Gasteiger partial charge < -0.3 is 4.74 Å². The van der Waals surface area contributed by atoms with Crippen molar-refractivity contribution >= 4 is 50.6 Å². The number of benzene rings is 1. The summed E-state index contributed by atoms with van der Waals surface area (Å²) in [6.07, 6.45) is 1.27. The van der Waals surface area contributed by atoms with Gasteiger partial charge in [0.2, 0.25) is 15.3 Å². The quantitative estimate of drug-likeness (QED) is 0.802. The lowest BCUT2D eigenvalue weighted by atomic mass is 10.2. The Bertz CT molecular complexity index is 779. The van der Waals surface area contributed by atoms with Gasteiger partial charge in [-0.25, -0.2) is 13.4 Å². The average Bonchev–Trinajstić information content (AvgIpc) is 2.36. The minimum Gasteiger partial charge on any atom is -0.491 e. The fourth-order valence-electron chi connectivity index (χ4n) is 1.67. The van der Waals surface area contributed by atoms with Crippen LogP contribution in [0.2, 0.25) is 15.3 Å². The van der Waals surface area contributed by atoms with E-state index in [2.05, 4.69) is 14.7 Å². The number of halogens is 3. The van der Waals surface area contributed by atoms with E-state index in [1.54, 1.807) is 0 Å². The predicted octanol–water partition coefficient (Wildman–Crippen LogP) is 3.39. The molecule has 0 spiro atoms. The van der Waals surface area contributed by atoms with Crippen LogP contribution in [-0.4, -0.2) is 25.5 Å². The maximum absolute atomic E-state index is 12.2. The van der Waals surface area contributed by atoms with Crippen molar-refractivity contribution in [3.05, 3.63) is 45.3 Å². The first-order valence-electron chi connectivity index (χ1n) is 5.81. The Balaban J connectivity index is 2.26. The lowest BCUT2D eigenvalue weighted by Gasteiger charge is -2.11. The van der Waals surface area contributed by atoms with Gasteiger partial charge in [-0.3, -0.25) is 4.72 Å². The highest BCUT2D eigenvalue weighted by Gasteiger charge is 2.17. The summed E-state index contributed by atoms with van der Waals surface area (Å²) in [7, 11) is -2.40. The molecule has 0 aliphatic carbocycles. The summed E-state index contributed by atoms with van der Waals surface area (Å²) in [6.45, 7) is 0. The van der Waals surface area contributed by atoms with Crippen molar-refractivity contribution in [2.45, 2.75) is 5.75 Å². The Kier molecular flexibility index (Phi) is 5.33. The molecule has 2 rings (SSSR count). The second kappa shape index (κ2) is 6.87. The molecular formula is C12H10Cl3N3O3S. The molecule has 118 valence electrons. The first kappa shape index (κ1) is 17.1. The van der Waals surface area contributed by atoms with Crippen molar-refractivity contribution in [3.8, 4) is 5.75 Å². The van der Waals surface area contributed by atoms with E-state index in [1.807, 2.05) is 0 Å². The van der Waals surface area contributed by atoms with Gasteiger partial charge in [0.25, 0.3) is 0 Å². The van der Waals surface area contributed by atoms with Crippen LogP contribution < -0.4 is 9.46 Å². The predicted molar refractivity (Wildman–Crippen MR) is 86.3 cm³/mol. The van der Waals surface area contributed by atoms with Gasteiger partial charge in [-0.2, -0.15) is 4.98 Å². The smallest absolute Gasteiger partial charge is 0.238 e. The van der Waals surface area contributed by atoms with Crippen LogP contribution in [0.25, 0.3) is 0 Å². The SMILES string of the molecule is COc1cnc(Cl)nc1NS(=O)(=O)Cc1cc(Cl)cc(Cl)c1. The summed E-state index contributed by atoms with van der Waals surface area (Å²) in [6, 6.07) is 4.54. The molecule has 1 heterocycles. The lowest BCUT2D eigenvalue weighted by molar-refractivity contribution is 0.413. The monoisotopic (exact) mass is 381 g/mol. The van der Waals surface area contributed by atoms with Crippen LogP contribution in [0.3, 0.4) is 0 Å². The Hall–Kier alpha value is -1.28. The number of sulfonamides is 1. The van der Waals surface area contributed by atoms with Crippen molar-refractivity contribution in [3.63, 3.8) is 0 Å². The van der Waals surface area contributed by atoms with Crippen LogP contribution in [0.5, 0.6) is 5.75 Å². The number of hydrogen-bond acceptors (Lipinski definition) is 5. The van der Waals surface area contributed by atoms with E-state index in [0.717, 1.165) is 0 Å². The van der Waals surface area contributed by atoms with E-state index >= 15 is 0 Å². The number of methoxy groups -OCH3 is 1. The average molecular weight is 383 g/mol. The Morgan fingerprint density at radius 3 is 2.41 bits per heavy atom. The number of nitrogens with zero attached hydrogens (tertiary/aromatic N) is 2. The van der Waals surface area contributed by atoms with E-state index in [1.165, 1.54) is 31.5 Å². The van der Waals surface area contributed by atoms with Gasteiger partial charge >= 0.3 is 0 Å². The van der Waals surface area contributed by atoms with Crippen LogP contribution in [0.15, 0.2) is 24.4 Å². The number of ether oxygens (including phenoxy) is 1. The third kappa shape index (κ3) is 4.61. The van der Waals surface area contributed by atoms with Gasteiger partial charge in [0, 0.05) is 10.0 Å². The van der Waals surface area contributed by atoms with Gasteiger partial charge in [0.05, 0.1) is 19.1 Å². The van der Waals surface area contributed by atoms with Crippen LogP contribution >= 0.6 is 34.8 Å². The van der Waals surface area contributed by atoms with Gasteiger partial charge in [-0.05, 0) is 35.4 Å². The number of hydrogen-bond donors (Lipinski definition) is 1. The van der Waals surface area contributed by atoms with Gasteiger partial charge in [0.15, 0.2) is 11.6 Å². The third-order valence-corrected chi connectivity index (χ3v) is 4.31. The molecule has 1 aromatic carbocycles. The van der Waals surface area contributed by atoms with Crippen molar-refractivity contribution in [1.29, 1.82) is 0 Å². The summed E-state index contributed by atoms with van der Waals surface area (Å²) in [5.41, 5.74) is 0.434. The molecule has 0 bridgehead atoms. The molecule has 0 saturated carbocycles. The van der Waals surface area contributed by atoms with Crippen LogP contribution in [0, 0.1) is 0 Å². The number of aromatic nitrogens is 2. The molecule has 1 aromatic heterocycles. The zero-order valence-corrected chi connectivity index (χ0v) is 14.3. The molecule has 0 aliphatic heterocycles. The molecule has 0 fully saturated rings. The molecule has 0 aliphatic rings. The molecule has 2 aromatic rings. The first-order chi connectivity index (χ1) is 10.3. The molecule has 22 heavy (non-hydrogen) atoms. The topological polar surface area (TPSA) is 81.2 Å². The molecular weight excluding hydrogens is 373 g/mol. The van der Waals surface area contributed by atoms with Crippen molar-refractivity contribution in [2.24, 2.45) is 0 Å². The first-order valence-corrected chi connectivity index (χ1v) is 8.59. The summed E-state index contributed by atoms with van der Waals surface area (Å²) < 4.78 is 31.7. The van der Waals surface area contributed by atoms with Gasteiger partial charge in [0.1, 0.15) is 0 Å². The molecule has 0 saturated heterocycles. The highest BCUT2D eigenvalue weighted by Crippen LogP contribution is 2.25. The Labute approximate surface area is 142 Å². The largest absolute Gasteiger partial charge is 0.491 e. The summed E-state index contributed by atoms with van der Waals surface area (Å²) in [5, 5.41) is 0.588. The molecule has 0 amide bonds. The summed E-state index contributed by atoms with van der Waals surface area (Å²) in [4.78, 5) is 7.50. The number of nitrogens with one attached hydrogen (secondary N) is 1. The van der Waals surface area contributed by atoms with E-state index in [4.69, 9.17) is 39.5 Å². The van der Waals surface area contributed by atoms with Gasteiger partial charge in [-0.15, -0.1) is 0 Å². The fourth-order valence-corrected chi connectivity index (χ4v) is 3.49. The van der Waals surface area contributed by atoms with Crippen molar-refractivity contribution in [1.82, 2.24) is 9.97 Å². The highest BCUT2D eigenvalue weighted by molar-refractivity contribution is 7.91. The number of rotatable bonds is 5. The molecule has 0 unspecified atom stereocenters.